The first-order valence-electron chi connectivity index (χ1n) is 8.38. The first-order chi connectivity index (χ1) is 11.9. The van der Waals surface area contributed by atoms with Crippen LogP contribution in [0.5, 0.6) is 0 Å². The minimum absolute atomic E-state index is 0.0373. The van der Waals surface area contributed by atoms with Gasteiger partial charge in [-0.3, -0.25) is 4.79 Å². The Balaban J connectivity index is 1.65. The molecule has 2 atom stereocenters. The van der Waals surface area contributed by atoms with Gasteiger partial charge in [-0.2, -0.15) is 13.2 Å². The van der Waals surface area contributed by atoms with Crippen LogP contribution in [0.4, 0.5) is 13.2 Å². The SMILES string of the molecule is O=C(NCc1cccc(-c2ncc[nH]2)c1)[C@H]1CCCC[C@@H]1C(F)(F)F. The van der Waals surface area contributed by atoms with E-state index in [1.165, 1.54) is 0 Å². The molecule has 0 saturated heterocycles. The average molecular weight is 351 g/mol. The highest BCUT2D eigenvalue weighted by Gasteiger charge is 2.47. The van der Waals surface area contributed by atoms with E-state index in [1.54, 1.807) is 12.4 Å². The molecule has 1 aliphatic rings. The summed E-state index contributed by atoms with van der Waals surface area (Å²) in [6.07, 6.45) is 0.561. The molecular weight excluding hydrogens is 331 g/mol. The molecule has 1 aromatic carbocycles. The van der Waals surface area contributed by atoms with Crippen molar-refractivity contribution in [1.29, 1.82) is 0 Å². The van der Waals surface area contributed by atoms with Crippen molar-refractivity contribution in [1.82, 2.24) is 15.3 Å². The number of benzene rings is 1. The number of rotatable bonds is 4. The van der Waals surface area contributed by atoms with Crippen LogP contribution in [0.2, 0.25) is 0 Å². The predicted molar refractivity (Wildman–Crippen MR) is 87.4 cm³/mol. The number of aromatic nitrogens is 2. The molecule has 0 bridgehead atoms. The Hall–Kier alpha value is -2.31. The minimum atomic E-state index is -4.32. The highest BCUT2D eigenvalue weighted by molar-refractivity contribution is 5.79. The molecule has 0 spiro atoms. The molecule has 1 aliphatic carbocycles. The van der Waals surface area contributed by atoms with Crippen molar-refractivity contribution in [2.24, 2.45) is 11.8 Å². The third-order valence-electron chi connectivity index (χ3n) is 4.69. The second kappa shape index (κ2) is 7.29. The maximum absolute atomic E-state index is 13.1. The van der Waals surface area contributed by atoms with Crippen LogP contribution in [0.15, 0.2) is 36.7 Å². The summed E-state index contributed by atoms with van der Waals surface area (Å²) >= 11 is 0. The second-order valence-corrected chi connectivity index (χ2v) is 6.40. The van der Waals surface area contributed by atoms with E-state index in [-0.39, 0.29) is 13.0 Å². The number of carbonyl (C=O) groups is 1. The van der Waals surface area contributed by atoms with Crippen LogP contribution in [0.1, 0.15) is 31.2 Å². The highest BCUT2D eigenvalue weighted by atomic mass is 19.4. The van der Waals surface area contributed by atoms with Gasteiger partial charge in [-0.05, 0) is 24.5 Å². The fourth-order valence-corrected chi connectivity index (χ4v) is 3.41. The lowest BCUT2D eigenvalue weighted by atomic mass is 9.78. The van der Waals surface area contributed by atoms with Gasteiger partial charge in [-0.1, -0.05) is 31.0 Å². The lowest BCUT2D eigenvalue weighted by molar-refractivity contribution is -0.198. The number of nitrogens with zero attached hydrogens (tertiary/aromatic N) is 1. The van der Waals surface area contributed by atoms with Crippen LogP contribution in [0, 0.1) is 11.8 Å². The van der Waals surface area contributed by atoms with Crippen molar-refractivity contribution in [3.8, 4) is 11.4 Å². The number of aromatic amines is 1. The normalized spacial score (nSPS) is 21.1. The van der Waals surface area contributed by atoms with Gasteiger partial charge in [0.15, 0.2) is 0 Å². The summed E-state index contributed by atoms with van der Waals surface area (Å²) in [6, 6.07) is 7.40. The first-order valence-corrected chi connectivity index (χ1v) is 8.38. The second-order valence-electron chi connectivity index (χ2n) is 6.40. The molecule has 1 heterocycles. The van der Waals surface area contributed by atoms with Crippen molar-refractivity contribution < 1.29 is 18.0 Å². The predicted octanol–water partition coefficient (Wildman–Crippen LogP) is 4.06. The number of alkyl halides is 3. The quantitative estimate of drug-likeness (QED) is 0.873. The summed E-state index contributed by atoms with van der Waals surface area (Å²) in [5.74, 6) is -2.32. The number of hydrogen-bond donors (Lipinski definition) is 2. The van der Waals surface area contributed by atoms with Gasteiger partial charge < -0.3 is 10.3 Å². The van der Waals surface area contributed by atoms with Gasteiger partial charge in [0.25, 0.3) is 0 Å². The molecule has 1 fully saturated rings. The lowest BCUT2D eigenvalue weighted by Gasteiger charge is -2.32. The van der Waals surface area contributed by atoms with Crippen molar-refractivity contribution >= 4 is 5.91 Å². The molecule has 2 N–H and O–H groups in total. The van der Waals surface area contributed by atoms with Gasteiger partial charge in [-0.25, -0.2) is 4.98 Å². The molecule has 134 valence electrons. The van der Waals surface area contributed by atoms with Crippen molar-refractivity contribution in [2.45, 2.75) is 38.4 Å². The molecule has 1 amide bonds. The Bertz CT molecular complexity index is 713. The number of halogens is 3. The van der Waals surface area contributed by atoms with E-state index >= 15 is 0 Å². The van der Waals surface area contributed by atoms with Gasteiger partial charge in [0.2, 0.25) is 5.91 Å². The Kier molecular flexibility index (Phi) is 5.11. The maximum atomic E-state index is 13.1. The summed E-state index contributed by atoms with van der Waals surface area (Å²) in [7, 11) is 0. The van der Waals surface area contributed by atoms with Crippen LogP contribution in [0.3, 0.4) is 0 Å². The zero-order chi connectivity index (χ0) is 17.9. The van der Waals surface area contributed by atoms with Crippen LogP contribution >= 0.6 is 0 Å². The van der Waals surface area contributed by atoms with Gasteiger partial charge in [0.1, 0.15) is 5.82 Å². The molecule has 1 saturated carbocycles. The molecule has 0 unspecified atom stereocenters. The molecule has 0 radical (unpaired) electrons. The van der Waals surface area contributed by atoms with Crippen LogP contribution in [0.25, 0.3) is 11.4 Å². The fourth-order valence-electron chi connectivity index (χ4n) is 3.41. The highest BCUT2D eigenvalue weighted by Crippen LogP contribution is 2.41. The Morgan fingerprint density at radius 1 is 1.28 bits per heavy atom. The van der Waals surface area contributed by atoms with E-state index in [0.717, 1.165) is 11.1 Å². The van der Waals surface area contributed by atoms with E-state index in [9.17, 15) is 18.0 Å². The number of imidazole rings is 1. The summed E-state index contributed by atoms with van der Waals surface area (Å²) < 4.78 is 39.4. The zero-order valence-electron chi connectivity index (χ0n) is 13.6. The van der Waals surface area contributed by atoms with E-state index in [1.807, 2.05) is 24.3 Å². The van der Waals surface area contributed by atoms with E-state index in [2.05, 4.69) is 15.3 Å². The van der Waals surface area contributed by atoms with Crippen LogP contribution < -0.4 is 5.32 Å². The number of carbonyl (C=O) groups excluding carboxylic acids is 1. The van der Waals surface area contributed by atoms with Crippen molar-refractivity contribution in [3.05, 3.63) is 42.2 Å². The van der Waals surface area contributed by atoms with Crippen LogP contribution in [-0.2, 0) is 11.3 Å². The number of hydrogen-bond acceptors (Lipinski definition) is 2. The molecule has 1 aromatic heterocycles. The Labute approximate surface area is 143 Å². The van der Waals surface area contributed by atoms with Gasteiger partial charge in [0.05, 0.1) is 5.92 Å². The minimum Gasteiger partial charge on any atom is -0.352 e. The summed E-state index contributed by atoms with van der Waals surface area (Å²) in [5, 5.41) is 2.67. The average Bonchev–Trinajstić information content (AvgIpc) is 3.14. The first kappa shape index (κ1) is 17.5. The van der Waals surface area contributed by atoms with Gasteiger partial charge in [-0.15, -0.1) is 0 Å². The smallest absolute Gasteiger partial charge is 0.352 e. The molecule has 0 aliphatic heterocycles. The third kappa shape index (κ3) is 4.21. The zero-order valence-corrected chi connectivity index (χ0v) is 13.6. The number of H-pyrrole nitrogens is 1. The number of amides is 1. The topological polar surface area (TPSA) is 57.8 Å². The lowest BCUT2D eigenvalue weighted by Crippen LogP contribution is -2.42. The molecule has 25 heavy (non-hydrogen) atoms. The standard InChI is InChI=1S/C18H20F3N3O/c19-18(20,21)15-7-2-1-6-14(15)17(25)24-11-12-4-3-5-13(10-12)16-22-8-9-23-16/h3-5,8-10,14-15H,1-2,6-7,11H2,(H,22,23)(H,24,25)/t14-,15-/m0/s1. The van der Waals surface area contributed by atoms with Gasteiger partial charge >= 0.3 is 6.18 Å². The van der Waals surface area contributed by atoms with E-state index in [4.69, 9.17) is 0 Å². The third-order valence-corrected chi connectivity index (χ3v) is 4.69. The molecular formula is C18H20F3N3O. The Morgan fingerprint density at radius 2 is 2.08 bits per heavy atom. The summed E-state index contributed by atoms with van der Waals surface area (Å²) in [5.41, 5.74) is 1.68. The Morgan fingerprint density at radius 3 is 2.80 bits per heavy atom. The van der Waals surface area contributed by atoms with E-state index < -0.39 is 23.9 Å². The fraction of sp³-hybridized carbons (Fsp3) is 0.444. The molecule has 3 rings (SSSR count). The van der Waals surface area contributed by atoms with Gasteiger partial charge in [0, 0.05) is 30.4 Å². The maximum Gasteiger partial charge on any atom is 0.392 e. The molecule has 4 nitrogen and oxygen atoms in total. The van der Waals surface area contributed by atoms with Crippen molar-refractivity contribution in [2.75, 3.05) is 0 Å². The largest absolute Gasteiger partial charge is 0.392 e. The van der Waals surface area contributed by atoms with Crippen molar-refractivity contribution in [3.63, 3.8) is 0 Å². The van der Waals surface area contributed by atoms with Crippen LogP contribution in [-0.4, -0.2) is 22.1 Å². The molecule has 2 aromatic rings. The monoisotopic (exact) mass is 351 g/mol. The molecule has 7 heteroatoms. The summed E-state index contributed by atoms with van der Waals surface area (Å²) in [6.45, 7) is 0.203. The number of nitrogens with one attached hydrogen (secondary N) is 2. The summed E-state index contributed by atoms with van der Waals surface area (Å²) in [4.78, 5) is 19.5. The van der Waals surface area contributed by atoms with E-state index in [0.29, 0.717) is 25.1 Å².